The second-order valence-corrected chi connectivity index (χ2v) is 4.41. The van der Waals surface area contributed by atoms with E-state index in [1.807, 2.05) is 13.8 Å². The summed E-state index contributed by atoms with van der Waals surface area (Å²) in [5.41, 5.74) is 0. The van der Waals surface area contributed by atoms with Crippen LogP contribution in [0.3, 0.4) is 0 Å². The number of halogens is 2. The fraction of sp³-hybridized carbons (Fsp3) is 0.455. The first-order valence-electron chi connectivity index (χ1n) is 4.94. The fourth-order valence-electron chi connectivity index (χ4n) is 1.21. The molecule has 0 spiro atoms. The summed E-state index contributed by atoms with van der Waals surface area (Å²) in [6.07, 6.45) is 0. The van der Waals surface area contributed by atoms with Gasteiger partial charge in [-0.15, -0.1) is 11.8 Å². The molecule has 1 unspecified atom stereocenters. The average molecular weight is 231 g/mol. The maximum absolute atomic E-state index is 13.2. The molecule has 0 radical (unpaired) electrons. The highest BCUT2D eigenvalue weighted by Gasteiger charge is 2.06. The number of hydrogen-bond donors (Lipinski definition) is 1. The molecule has 4 heteroatoms. The van der Waals surface area contributed by atoms with Crippen LogP contribution in [0.5, 0.6) is 0 Å². The Labute approximate surface area is 93.3 Å². The van der Waals surface area contributed by atoms with Crippen molar-refractivity contribution >= 4 is 11.8 Å². The molecule has 0 fully saturated rings. The molecule has 0 bridgehead atoms. The molecule has 1 N–H and O–H groups in total. The number of benzene rings is 1. The van der Waals surface area contributed by atoms with Gasteiger partial charge in [0.1, 0.15) is 11.6 Å². The minimum absolute atomic E-state index is 0.324. The van der Waals surface area contributed by atoms with Crippen LogP contribution < -0.4 is 5.32 Å². The largest absolute Gasteiger partial charge is 0.314 e. The molecule has 15 heavy (non-hydrogen) atoms. The zero-order valence-corrected chi connectivity index (χ0v) is 9.70. The van der Waals surface area contributed by atoms with Gasteiger partial charge in [-0.1, -0.05) is 6.92 Å². The van der Waals surface area contributed by atoms with Crippen LogP contribution in [-0.2, 0) is 0 Å². The van der Waals surface area contributed by atoms with E-state index in [0.29, 0.717) is 10.9 Å². The van der Waals surface area contributed by atoms with E-state index in [1.54, 1.807) is 0 Å². The van der Waals surface area contributed by atoms with Gasteiger partial charge in [-0.2, -0.15) is 0 Å². The Morgan fingerprint density at radius 2 is 2.13 bits per heavy atom. The lowest BCUT2D eigenvalue weighted by Crippen LogP contribution is -2.27. The van der Waals surface area contributed by atoms with Crippen molar-refractivity contribution in [2.75, 3.05) is 12.3 Å². The highest BCUT2D eigenvalue weighted by Crippen LogP contribution is 2.22. The van der Waals surface area contributed by atoms with Crippen molar-refractivity contribution < 1.29 is 8.78 Å². The van der Waals surface area contributed by atoms with Gasteiger partial charge in [-0.3, -0.25) is 0 Å². The third-order valence-electron chi connectivity index (χ3n) is 1.94. The summed E-state index contributed by atoms with van der Waals surface area (Å²) in [7, 11) is 0. The summed E-state index contributed by atoms with van der Waals surface area (Å²) in [4.78, 5) is 0.501. The fourth-order valence-corrected chi connectivity index (χ4v) is 2.12. The molecule has 1 nitrogen and oxygen atoms in total. The molecule has 0 amide bonds. The first kappa shape index (κ1) is 12.5. The van der Waals surface area contributed by atoms with Crippen LogP contribution in [0.15, 0.2) is 23.1 Å². The molecule has 84 valence electrons. The summed E-state index contributed by atoms with van der Waals surface area (Å²) in [5, 5.41) is 3.23. The van der Waals surface area contributed by atoms with Crippen molar-refractivity contribution in [3.05, 3.63) is 29.8 Å². The highest BCUT2D eigenvalue weighted by molar-refractivity contribution is 7.99. The summed E-state index contributed by atoms with van der Waals surface area (Å²) in [5.74, 6) is -0.239. The topological polar surface area (TPSA) is 12.0 Å². The monoisotopic (exact) mass is 231 g/mol. The highest BCUT2D eigenvalue weighted by atomic mass is 32.2. The van der Waals surface area contributed by atoms with E-state index in [-0.39, 0.29) is 0 Å². The Kier molecular flexibility index (Phi) is 5.05. The molecule has 1 atom stereocenters. The van der Waals surface area contributed by atoms with Crippen LogP contribution in [0.4, 0.5) is 8.78 Å². The molecular weight excluding hydrogens is 216 g/mol. The second-order valence-electron chi connectivity index (χ2n) is 3.34. The molecule has 0 aliphatic carbocycles. The molecule has 1 aromatic rings. The van der Waals surface area contributed by atoms with Crippen LogP contribution in [0, 0.1) is 11.6 Å². The smallest absolute Gasteiger partial charge is 0.139 e. The first-order valence-corrected chi connectivity index (χ1v) is 5.93. The van der Waals surface area contributed by atoms with Crippen molar-refractivity contribution in [3.63, 3.8) is 0 Å². The van der Waals surface area contributed by atoms with E-state index in [1.165, 1.54) is 23.9 Å². The molecule has 1 aromatic carbocycles. The van der Waals surface area contributed by atoms with Gasteiger partial charge in [-0.25, -0.2) is 8.78 Å². The van der Waals surface area contributed by atoms with Gasteiger partial charge in [0.15, 0.2) is 0 Å². The predicted molar refractivity (Wildman–Crippen MR) is 60.2 cm³/mol. The van der Waals surface area contributed by atoms with E-state index < -0.39 is 11.6 Å². The Balaban J connectivity index is 2.50. The number of hydrogen-bond acceptors (Lipinski definition) is 2. The summed E-state index contributed by atoms with van der Waals surface area (Å²) >= 11 is 1.40. The maximum Gasteiger partial charge on any atom is 0.139 e. The molecular formula is C11H15F2NS. The Morgan fingerprint density at radius 3 is 2.73 bits per heavy atom. The lowest BCUT2D eigenvalue weighted by atomic mass is 10.3. The van der Waals surface area contributed by atoms with Crippen molar-refractivity contribution in [3.8, 4) is 0 Å². The van der Waals surface area contributed by atoms with Crippen LogP contribution in [0.25, 0.3) is 0 Å². The van der Waals surface area contributed by atoms with Gasteiger partial charge in [-0.05, 0) is 25.6 Å². The van der Waals surface area contributed by atoms with Gasteiger partial charge < -0.3 is 5.32 Å². The van der Waals surface area contributed by atoms with Crippen LogP contribution in [0.2, 0.25) is 0 Å². The van der Waals surface area contributed by atoms with Crippen molar-refractivity contribution in [2.24, 2.45) is 0 Å². The summed E-state index contributed by atoms with van der Waals surface area (Å²) < 4.78 is 25.8. The Hall–Kier alpha value is -0.610. The van der Waals surface area contributed by atoms with Gasteiger partial charge in [0, 0.05) is 22.8 Å². The summed E-state index contributed by atoms with van der Waals surface area (Å²) in [6, 6.07) is 4.00. The van der Waals surface area contributed by atoms with E-state index in [4.69, 9.17) is 0 Å². The molecule has 0 aromatic heterocycles. The van der Waals surface area contributed by atoms with E-state index in [2.05, 4.69) is 5.32 Å². The SMILES string of the molecule is CCNC(C)CSc1ccc(F)cc1F. The van der Waals surface area contributed by atoms with E-state index >= 15 is 0 Å². The van der Waals surface area contributed by atoms with Gasteiger partial charge in [0.25, 0.3) is 0 Å². The standard InChI is InChI=1S/C11H15F2NS/c1-3-14-8(2)7-15-11-5-4-9(12)6-10(11)13/h4-6,8,14H,3,7H2,1-2H3. The Morgan fingerprint density at radius 1 is 1.40 bits per heavy atom. The lowest BCUT2D eigenvalue weighted by Gasteiger charge is -2.11. The van der Waals surface area contributed by atoms with E-state index in [9.17, 15) is 8.78 Å². The third-order valence-corrected chi connectivity index (χ3v) is 3.24. The maximum atomic E-state index is 13.2. The quantitative estimate of drug-likeness (QED) is 0.782. The number of rotatable bonds is 5. The van der Waals surface area contributed by atoms with Gasteiger partial charge in [0.05, 0.1) is 0 Å². The minimum atomic E-state index is -0.531. The van der Waals surface area contributed by atoms with Gasteiger partial charge in [0.2, 0.25) is 0 Å². The summed E-state index contributed by atoms with van der Waals surface area (Å²) in [6.45, 7) is 4.96. The first-order chi connectivity index (χ1) is 7.13. The second kappa shape index (κ2) is 6.08. The average Bonchev–Trinajstić information content (AvgIpc) is 2.17. The molecule has 0 saturated heterocycles. The van der Waals surface area contributed by atoms with Gasteiger partial charge >= 0.3 is 0 Å². The van der Waals surface area contributed by atoms with Crippen LogP contribution in [0.1, 0.15) is 13.8 Å². The lowest BCUT2D eigenvalue weighted by molar-refractivity contribution is 0.565. The third kappa shape index (κ3) is 4.18. The van der Waals surface area contributed by atoms with Crippen LogP contribution >= 0.6 is 11.8 Å². The molecule has 1 rings (SSSR count). The Bertz CT molecular complexity index is 317. The van der Waals surface area contributed by atoms with Crippen molar-refractivity contribution in [1.29, 1.82) is 0 Å². The normalized spacial score (nSPS) is 12.8. The van der Waals surface area contributed by atoms with E-state index in [0.717, 1.165) is 18.4 Å². The molecule has 0 saturated carbocycles. The molecule has 0 aliphatic rings. The predicted octanol–water partition coefficient (Wildman–Crippen LogP) is 3.05. The zero-order chi connectivity index (χ0) is 11.3. The number of nitrogens with one attached hydrogen (secondary N) is 1. The van der Waals surface area contributed by atoms with Crippen molar-refractivity contribution in [1.82, 2.24) is 5.32 Å². The number of thioether (sulfide) groups is 1. The zero-order valence-electron chi connectivity index (χ0n) is 8.89. The minimum Gasteiger partial charge on any atom is -0.314 e. The van der Waals surface area contributed by atoms with Crippen molar-refractivity contribution in [2.45, 2.75) is 24.8 Å². The molecule has 0 aliphatic heterocycles. The molecule has 0 heterocycles. The van der Waals surface area contributed by atoms with Crippen LogP contribution in [-0.4, -0.2) is 18.3 Å².